The van der Waals surface area contributed by atoms with Crippen molar-refractivity contribution in [2.75, 3.05) is 0 Å². The summed E-state index contributed by atoms with van der Waals surface area (Å²) < 4.78 is 26.4. The quantitative estimate of drug-likeness (QED) is 0.800. The van der Waals surface area contributed by atoms with Crippen LogP contribution in [0.3, 0.4) is 0 Å². The number of benzene rings is 1. The zero-order valence-corrected chi connectivity index (χ0v) is 12.4. The summed E-state index contributed by atoms with van der Waals surface area (Å²) in [6, 6.07) is 12.4. The highest BCUT2D eigenvalue weighted by Gasteiger charge is 2.26. The van der Waals surface area contributed by atoms with Crippen molar-refractivity contribution in [2.24, 2.45) is 0 Å². The molecule has 0 unspecified atom stereocenters. The highest BCUT2D eigenvalue weighted by Crippen LogP contribution is 2.24. The number of carbonyl (C=O) groups is 1. The maximum Gasteiger partial charge on any atom is 0.353 e. The summed E-state index contributed by atoms with van der Waals surface area (Å²) in [6.45, 7) is 1.71. The van der Waals surface area contributed by atoms with Gasteiger partial charge in [-0.25, -0.2) is 22.2 Å². The largest absolute Gasteiger partial charge is 0.477 e. The van der Waals surface area contributed by atoms with Gasteiger partial charge in [-0.15, -0.1) is 0 Å². The Morgan fingerprint density at radius 2 is 1.82 bits per heavy atom. The number of pyridine rings is 1. The molecule has 0 aliphatic heterocycles. The second kappa shape index (κ2) is 4.96. The molecule has 0 amide bonds. The van der Waals surface area contributed by atoms with Crippen LogP contribution in [0.2, 0.25) is 0 Å². The van der Waals surface area contributed by atoms with E-state index in [1.807, 2.05) is 0 Å². The molecule has 22 heavy (non-hydrogen) atoms. The first-order chi connectivity index (χ1) is 10.4. The Morgan fingerprint density at radius 3 is 2.45 bits per heavy atom. The van der Waals surface area contributed by atoms with Crippen LogP contribution >= 0.6 is 0 Å². The minimum absolute atomic E-state index is 0.0123. The Bertz CT molecular complexity index is 975. The molecular weight excluding hydrogens is 304 g/mol. The van der Waals surface area contributed by atoms with Gasteiger partial charge in [0, 0.05) is 11.1 Å². The van der Waals surface area contributed by atoms with Gasteiger partial charge in [0.1, 0.15) is 5.69 Å². The molecule has 0 radical (unpaired) electrons. The molecule has 112 valence electrons. The van der Waals surface area contributed by atoms with E-state index in [4.69, 9.17) is 0 Å². The Kier molecular flexibility index (Phi) is 3.22. The second-order valence-corrected chi connectivity index (χ2v) is 6.57. The number of nitrogens with zero attached hydrogens (tertiary/aromatic N) is 2. The lowest BCUT2D eigenvalue weighted by Gasteiger charge is -2.09. The highest BCUT2D eigenvalue weighted by molar-refractivity contribution is 7.90. The van der Waals surface area contributed by atoms with Crippen molar-refractivity contribution in [3.63, 3.8) is 0 Å². The van der Waals surface area contributed by atoms with Gasteiger partial charge in [0.15, 0.2) is 5.65 Å². The van der Waals surface area contributed by atoms with Gasteiger partial charge in [0.2, 0.25) is 0 Å². The van der Waals surface area contributed by atoms with Gasteiger partial charge in [-0.2, -0.15) is 0 Å². The number of aryl methyl sites for hydroxylation is 1. The topological polar surface area (TPSA) is 89.3 Å². The molecule has 0 spiro atoms. The normalized spacial score (nSPS) is 11.7. The Hall–Kier alpha value is -2.67. The lowest BCUT2D eigenvalue weighted by molar-refractivity contribution is 0.0689. The lowest BCUT2D eigenvalue weighted by Crippen LogP contribution is -2.18. The average molecular weight is 316 g/mol. The van der Waals surface area contributed by atoms with Gasteiger partial charge in [0.25, 0.3) is 10.0 Å². The molecular formula is C15H12N2O4S. The highest BCUT2D eigenvalue weighted by atomic mass is 32.2. The van der Waals surface area contributed by atoms with Crippen LogP contribution in [0.1, 0.15) is 16.2 Å². The summed E-state index contributed by atoms with van der Waals surface area (Å²) in [4.78, 5) is 15.6. The summed E-state index contributed by atoms with van der Waals surface area (Å²) in [5.74, 6) is -1.32. The van der Waals surface area contributed by atoms with Crippen LogP contribution in [-0.4, -0.2) is 28.5 Å². The number of carboxylic acid groups (broad SMARTS) is 1. The average Bonchev–Trinajstić information content (AvgIpc) is 2.87. The fourth-order valence-electron chi connectivity index (χ4n) is 2.24. The van der Waals surface area contributed by atoms with Gasteiger partial charge >= 0.3 is 5.97 Å². The number of fused-ring (bicyclic) bond motifs is 1. The standard InChI is InChI=1S/C15H12N2O4S/c1-10-7-8-11-9-13(15(18)19)17(14(11)16-10)22(20,21)12-5-3-2-4-6-12/h2-9H,1H3,(H,18,19). The van der Waals surface area contributed by atoms with Crippen molar-refractivity contribution in [3.8, 4) is 0 Å². The SMILES string of the molecule is Cc1ccc2cc(C(=O)O)n(S(=O)(=O)c3ccccc3)c2n1. The maximum absolute atomic E-state index is 12.8. The van der Waals surface area contributed by atoms with Crippen LogP contribution in [0, 0.1) is 6.92 Å². The van der Waals surface area contributed by atoms with Crippen LogP contribution in [0.25, 0.3) is 11.0 Å². The summed E-state index contributed by atoms with van der Waals surface area (Å²) in [7, 11) is -4.04. The summed E-state index contributed by atoms with van der Waals surface area (Å²) in [6.07, 6.45) is 0. The summed E-state index contributed by atoms with van der Waals surface area (Å²) in [5.41, 5.74) is 0.380. The molecule has 0 saturated carbocycles. The molecule has 0 atom stereocenters. The van der Waals surface area contributed by atoms with Crippen molar-refractivity contribution in [1.29, 1.82) is 0 Å². The summed E-state index contributed by atoms with van der Waals surface area (Å²) in [5, 5.41) is 9.79. The first kappa shape index (κ1) is 14.3. The molecule has 1 N–H and O–H groups in total. The monoisotopic (exact) mass is 316 g/mol. The van der Waals surface area contributed by atoms with E-state index in [-0.39, 0.29) is 16.2 Å². The van der Waals surface area contributed by atoms with Crippen LogP contribution in [0.15, 0.2) is 53.4 Å². The first-order valence-electron chi connectivity index (χ1n) is 6.44. The molecule has 3 aromatic rings. The zero-order valence-electron chi connectivity index (χ0n) is 11.6. The van der Waals surface area contributed by atoms with Gasteiger partial charge < -0.3 is 5.11 Å². The smallest absolute Gasteiger partial charge is 0.353 e. The molecule has 1 aromatic carbocycles. The van der Waals surface area contributed by atoms with E-state index in [0.717, 1.165) is 3.97 Å². The predicted octanol–water partition coefficient (Wildman–Crippen LogP) is 2.28. The fraction of sp³-hybridized carbons (Fsp3) is 0.0667. The molecule has 0 bridgehead atoms. The van der Waals surface area contributed by atoms with Crippen LogP contribution in [0.5, 0.6) is 0 Å². The van der Waals surface area contributed by atoms with Crippen molar-refractivity contribution in [3.05, 3.63) is 59.9 Å². The Labute approximate surface area is 126 Å². The molecule has 6 nitrogen and oxygen atoms in total. The zero-order chi connectivity index (χ0) is 15.9. The Balaban J connectivity index is 2.41. The molecule has 7 heteroatoms. The number of rotatable bonds is 3. The van der Waals surface area contributed by atoms with Crippen molar-refractivity contribution >= 4 is 27.0 Å². The molecule has 2 heterocycles. The van der Waals surface area contributed by atoms with E-state index in [1.54, 1.807) is 37.3 Å². The number of carboxylic acids is 1. The molecule has 0 aliphatic carbocycles. The third-order valence-corrected chi connectivity index (χ3v) is 4.97. The summed E-state index contributed by atoms with van der Waals surface area (Å²) >= 11 is 0. The number of aromatic nitrogens is 2. The van der Waals surface area contributed by atoms with Gasteiger partial charge in [-0.1, -0.05) is 18.2 Å². The molecule has 0 fully saturated rings. The van der Waals surface area contributed by atoms with E-state index >= 15 is 0 Å². The van der Waals surface area contributed by atoms with Crippen LogP contribution in [0.4, 0.5) is 0 Å². The van der Waals surface area contributed by atoms with Gasteiger partial charge in [0.05, 0.1) is 4.90 Å². The van der Waals surface area contributed by atoms with E-state index in [0.29, 0.717) is 11.1 Å². The lowest BCUT2D eigenvalue weighted by atomic mass is 10.3. The third-order valence-electron chi connectivity index (χ3n) is 3.25. The predicted molar refractivity (Wildman–Crippen MR) is 80.5 cm³/mol. The van der Waals surface area contributed by atoms with Crippen LogP contribution in [-0.2, 0) is 10.0 Å². The molecule has 3 rings (SSSR count). The Morgan fingerprint density at radius 1 is 1.14 bits per heavy atom. The number of hydrogen-bond donors (Lipinski definition) is 1. The van der Waals surface area contributed by atoms with Crippen molar-refractivity contribution in [1.82, 2.24) is 8.96 Å². The molecule has 2 aromatic heterocycles. The second-order valence-electron chi connectivity index (χ2n) is 4.78. The molecule has 0 saturated heterocycles. The maximum atomic E-state index is 12.8. The van der Waals surface area contributed by atoms with E-state index < -0.39 is 16.0 Å². The minimum Gasteiger partial charge on any atom is -0.477 e. The van der Waals surface area contributed by atoms with Crippen molar-refractivity contribution in [2.45, 2.75) is 11.8 Å². The van der Waals surface area contributed by atoms with Gasteiger partial charge in [-0.05, 0) is 37.3 Å². The first-order valence-corrected chi connectivity index (χ1v) is 7.88. The van der Waals surface area contributed by atoms with Crippen LogP contribution < -0.4 is 0 Å². The molecule has 0 aliphatic rings. The van der Waals surface area contributed by atoms with E-state index in [9.17, 15) is 18.3 Å². The number of aromatic carboxylic acids is 1. The fourth-order valence-corrected chi connectivity index (χ4v) is 3.71. The number of hydrogen-bond acceptors (Lipinski definition) is 4. The van der Waals surface area contributed by atoms with E-state index in [2.05, 4.69) is 4.98 Å². The van der Waals surface area contributed by atoms with E-state index in [1.165, 1.54) is 18.2 Å². The minimum atomic E-state index is -4.04. The van der Waals surface area contributed by atoms with Gasteiger partial charge in [-0.3, -0.25) is 0 Å². The van der Waals surface area contributed by atoms with Crippen molar-refractivity contribution < 1.29 is 18.3 Å². The third kappa shape index (κ3) is 2.15.